The molecule has 3 N–H and O–H groups in total. The smallest absolute Gasteiger partial charge is 0.259 e. The highest BCUT2D eigenvalue weighted by Gasteiger charge is 2.12. The topological polar surface area (TPSA) is 66.9 Å². The summed E-state index contributed by atoms with van der Waals surface area (Å²) in [6, 6.07) is 6.60. The molecule has 0 aromatic heterocycles. The molecule has 0 aliphatic rings. The summed E-state index contributed by atoms with van der Waals surface area (Å²) in [5, 5.41) is 7.48. The molecule has 0 atom stereocenters. The predicted molar refractivity (Wildman–Crippen MR) is 63.6 cm³/mol. The maximum Gasteiger partial charge on any atom is 0.259 e. The Kier molecular flexibility index (Phi) is 3.74. The average Bonchev–Trinajstić information content (AvgIpc) is 2.19. The van der Waals surface area contributed by atoms with Gasteiger partial charge in [-0.05, 0) is 23.6 Å². The summed E-state index contributed by atoms with van der Waals surface area (Å²) < 4.78 is 0. The fraction of sp³-hybridized carbons (Fsp3) is 0. The molecule has 0 aliphatic heterocycles. The average molecular weight is 239 g/mol. The molecule has 3 nitrogen and oxygen atoms in total. The quantitative estimate of drug-likeness (QED) is 0.364. The monoisotopic (exact) mass is 238 g/mol. The van der Waals surface area contributed by atoms with Crippen LogP contribution in [-0.4, -0.2) is 16.6 Å². The van der Waals surface area contributed by atoms with E-state index in [1.54, 1.807) is 24.3 Å². The van der Waals surface area contributed by atoms with Gasteiger partial charge in [0.05, 0.1) is 4.86 Å². The minimum absolute atomic E-state index is 0.104. The first kappa shape index (κ1) is 11.6. The summed E-state index contributed by atoms with van der Waals surface area (Å²) in [4.78, 5) is 11.1. The van der Waals surface area contributed by atoms with Crippen molar-refractivity contribution in [2.24, 2.45) is 5.73 Å². The first-order valence-electron chi connectivity index (χ1n) is 3.96. The van der Waals surface area contributed by atoms with Crippen molar-refractivity contribution in [3.05, 3.63) is 40.4 Å². The normalized spacial score (nSPS) is 9.13. The van der Waals surface area contributed by atoms with Crippen molar-refractivity contribution in [2.45, 2.75) is 0 Å². The molecule has 0 saturated heterocycles. The molecule has 0 unspecified atom stereocenters. The summed E-state index contributed by atoms with van der Waals surface area (Å²) >= 11 is 10.7. The highest BCUT2D eigenvalue weighted by molar-refractivity contribution is 7.81. The lowest BCUT2D eigenvalue weighted by Gasteiger charge is -2.02. The molecule has 1 rings (SSSR count). The van der Waals surface area contributed by atoms with E-state index in [4.69, 9.17) is 35.0 Å². The number of hydrogen-bond donors (Lipinski definition) is 2. The molecule has 0 aliphatic carbocycles. The van der Waals surface area contributed by atoms with Crippen LogP contribution in [0.1, 0.15) is 5.56 Å². The van der Waals surface area contributed by atoms with Crippen LogP contribution in [0, 0.1) is 5.41 Å². The number of primary amides is 1. The molecule has 76 valence electrons. The van der Waals surface area contributed by atoms with E-state index in [-0.39, 0.29) is 10.4 Å². The molecule has 0 spiro atoms. The third-order valence-electron chi connectivity index (χ3n) is 1.70. The van der Waals surface area contributed by atoms with Crippen LogP contribution in [0.2, 0.25) is 5.02 Å². The van der Waals surface area contributed by atoms with Gasteiger partial charge in [0, 0.05) is 5.02 Å². The van der Waals surface area contributed by atoms with Crippen molar-refractivity contribution in [3.63, 3.8) is 0 Å². The van der Waals surface area contributed by atoms with E-state index in [9.17, 15) is 4.79 Å². The van der Waals surface area contributed by atoms with Gasteiger partial charge in [-0.2, -0.15) is 0 Å². The van der Waals surface area contributed by atoms with Crippen LogP contribution in [0.15, 0.2) is 29.8 Å². The molecule has 0 saturated carbocycles. The second-order valence-corrected chi connectivity index (χ2v) is 3.54. The van der Waals surface area contributed by atoms with E-state index in [1.807, 2.05) is 5.87 Å². The van der Waals surface area contributed by atoms with E-state index >= 15 is 0 Å². The maximum absolute atomic E-state index is 10.9. The van der Waals surface area contributed by atoms with E-state index in [1.165, 1.54) is 0 Å². The van der Waals surface area contributed by atoms with Gasteiger partial charge in [-0.25, -0.2) is 0 Å². The van der Waals surface area contributed by atoms with E-state index in [0.717, 1.165) is 0 Å². The minimum Gasteiger partial charge on any atom is -0.365 e. The highest BCUT2D eigenvalue weighted by Crippen LogP contribution is 2.13. The van der Waals surface area contributed by atoms with E-state index in [2.05, 4.69) is 0 Å². The summed E-state index contributed by atoms with van der Waals surface area (Å²) in [5.74, 6) is 1.17. The van der Waals surface area contributed by atoms with Crippen molar-refractivity contribution in [3.8, 4) is 0 Å². The molecular weight excluding hydrogens is 232 g/mol. The van der Waals surface area contributed by atoms with Crippen LogP contribution >= 0.6 is 23.8 Å². The number of amides is 1. The SMILES string of the molecule is N=C=C(C(N)=O)C(=S)c1ccc(Cl)cc1. The Labute approximate surface area is 97.1 Å². The zero-order valence-corrected chi connectivity index (χ0v) is 9.15. The van der Waals surface area contributed by atoms with E-state index < -0.39 is 5.91 Å². The third-order valence-corrected chi connectivity index (χ3v) is 2.40. The van der Waals surface area contributed by atoms with Gasteiger partial charge in [0.1, 0.15) is 5.57 Å². The Balaban J connectivity index is 3.10. The lowest BCUT2D eigenvalue weighted by atomic mass is 10.1. The molecular formula is C10H7ClN2OS. The molecule has 0 fully saturated rings. The number of carbonyl (C=O) groups excluding carboxylic acids is 1. The van der Waals surface area contributed by atoms with Crippen LogP contribution in [0.25, 0.3) is 0 Å². The second-order valence-electron chi connectivity index (χ2n) is 2.70. The van der Waals surface area contributed by atoms with Gasteiger partial charge in [-0.15, -0.1) is 0 Å². The summed E-state index contributed by atoms with van der Waals surface area (Å²) in [5.41, 5.74) is 5.55. The first-order chi connectivity index (χ1) is 7.06. The highest BCUT2D eigenvalue weighted by atomic mass is 35.5. The summed E-state index contributed by atoms with van der Waals surface area (Å²) in [6.07, 6.45) is 0. The summed E-state index contributed by atoms with van der Waals surface area (Å²) in [7, 11) is 0. The first-order valence-corrected chi connectivity index (χ1v) is 4.74. The molecule has 0 bridgehead atoms. The number of carbonyl (C=O) groups is 1. The molecule has 1 amide bonds. The fourth-order valence-corrected chi connectivity index (χ4v) is 1.39. The van der Waals surface area contributed by atoms with Crippen molar-refractivity contribution >= 4 is 40.5 Å². The van der Waals surface area contributed by atoms with Crippen LogP contribution in [0.5, 0.6) is 0 Å². The van der Waals surface area contributed by atoms with Crippen LogP contribution < -0.4 is 5.73 Å². The number of nitrogens with one attached hydrogen (secondary N) is 1. The van der Waals surface area contributed by atoms with Crippen molar-refractivity contribution in [2.75, 3.05) is 0 Å². The Morgan fingerprint density at radius 3 is 2.33 bits per heavy atom. The van der Waals surface area contributed by atoms with Crippen molar-refractivity contribution in [1.82, 2.24) is 0 Å². The second kappa shape index (κ2) is 4.84. The van der Waals surface area contributed by atoms with Crippen molar-refractivity contribution in [1.29, 1.82) is 5.41 Å². The molecule has 1 aromatic rings. The summed E-state index contributed by atoms with van der Waals surface area (Å²) in [6.45, 7) is 0. The van der Waals surface area contributed by atoms with Gasteiger partial charge in [0.15, 0.2) is 0 Å². The maximum atomic E-state index is 10.9. The minimum atomic E-state index is -0.759. The van der Waals surface area contributed by atoms with Crippen LogP contribution in [0.3, 0.4) is 0 Å². The predicted octanol–water partition coefficient (Wildman–Crippen LogP) is 1.72. The zero-order valence-electron chi connectivity index (χ0n) is 7.58. The Hall–Kier alpha value is -1.48. The standard InChI is InChI=1S/C10H7ClN2OS/c11-7-3-1-6(2-4-7)9(15)8(5-12)10(13)14/h1-4,12H,(H2,13,14). The Morgan fingerprint density at radius 1 is 1.40 bits per heavy atom. The van der Waals surface area contributed by atoms with Gasteiger partial charge >= 0.3 is 0 Å². The fourth-order valence-electron chi connectivity index (χ4n) is 0.976. The molecule has 1 aromatic carbocycles. The van der Waals surface area contributed by atoms with Gasteiger partial charge in [0.2, 0.25) is 0 Å². The lowest BCUT2D eigenvalue weighted by molar-refractivity contribution is -0.113. The van der Waals surface area contributed by atoms with Gasteiger partial charge in [-0.3, -0.25) is 10.2 Å². The van der Waals surface area contributed by atoms with E-state index in [0.29, 0.717) is 10.6 Å². The Morgan fingerprint density at radius 2 is 1.93 bits per heavy atom. The number of nitrogens with two attached hydrogens (primary N) is 1. The number of rotatable bonds is 3. The number of halogens is 1. The molecule has 15 heavy (non-hydrogen) atoms. The number of hydrogen-bond acceptors (Lipinski definition) is 3. The largest absolute Gasteiger partial charge is 0.365 e. The number of thiocarbonyl (C=S) groups is 1. The molecule has 0 radical (unpaired) electrons. The van der Waals surface area contributed by atoms with Crippen molar-refractivity contribution < 1.29 is 4.79 Å². The van der Waals surface area contributed by atoms with Crippen LogP contribution in [0.4, 0.5) is 0 Å². The van der Waals surface area contributed by atoms with Gasteiger partial charge in [0.25, 0.3) is 5.91 Å². The molecule has 5 heteroatoms. The molecule has 0 heterocycles. The zero-order chi connectivity index (χ0) is 11.4. The van der Waals surface area contributed by atoms with Gasteiger partial charge < -0.3 is 5.73 Å². The van der Waals surface area contributed by atoms with Crippen LogP contribution in [-0.2, 0) is 4.79 Å². The lowest BCUT2D eigenvalue weighted by Crippen LogP contribution is -2.20. The third kappa shape index (κ3) is 2.73. The Bertz CT molecular complexity index is 461. The number of benzene rings is 1. The van der Waals surface area contributed by atoms with Gasteiger partial charge in [-0.1, -0.05) is 36.0 Å².